The predicted octanol–water partition coefficient (Wildman–Crippen LogP) is 2.27. The topological polar surface area (TPSA) is 71.2 Å². The first-order valence-corrected chi connectivity index (χ1v) is 7.15. The van der Waals surface area contributed by atoms with Crippen LogP contribution in [0.4, 0.5) is 4.39 Å². The zero-order valence-corrected chi connectivity index (χ0v) is 11.7. The molecule has 0 saturated heterocycles. The molecule has 112 valence electrons. The molecule has 1 saturated carbocycles. The maximum absolute atomic E-state index is 12.9. The molecule has 1 heterocycles. The lowest BCUT2D eigenvalue weighted by molar-refractivity contribution is 0.158. The van der Waals surface area contributed by atoms with Crippen LogP contribution in [0.15, 0.2) is 28.8 Å². The highest BCUT2D eigenvalue weighted by molar-refractivity contribution is 5.53. The highest BCUT2D eigenvalue weighted by Gasteiger charge is 2.32. The Morgan fingerprint density at radius 2 is 1.95 bits per heavy atom. The molecule has 1 fully saturated rings. The van der Waals surface area contributed by atoms with E-state index >= 15 is 0 Å². The third kappa shape index (κ3) is 3.11. The largest absolute Gasteiger partial charge is 0.394 e. The second-order valence-electron chi connectivity index (χ2n) is 5.52. The van der Waals surface area contributed by atoms with Gasteiger partial charge in [0.05, 0.1) is 13.2 Å². The third-order valence-corrected chi connectivity index (χ3v) is 4.05. The summed E-state index contributed by atoms with van der Waals surface area (Å²) in [5.41, 5.74) is 0.494. The van der Waals surface area contributed by atoms with E-state index in [1.54, 1.807) is 12.1 Å². The quantitative estimate of drug-likeness (QED) is 0.884. The van der Waals surface area contributed by atoms with Crippen molar-refractivity contribution in [1.29, 1.82) is 0 Å². The van der Waals surface area contributed by atoms with E-state index in [0.29, 0.717) is 23.8 Å². The summed E-state index contributed by atoms with van der Waals surface area (Å²) in [5, 5.41) is 16.8. The first-order valence-electron chi connectivity index (χ1n) is 7.15. The Hall–Kier alpha value is -1.79. The lowest BCUT2D eigenvalue weighted by atomic mass is 9.99. The van der Waals surface area contributed by atoms with Crippen molar-refractivity contribution in [2.45, 2.75) is 37.8 Å². The second kappa shape index (κ2) is 5.91. The van der Waals surface area contributed by atoms with Crippen LogP contribution in [0.3, 0.4) is 0 Å². The SMILES string of the molecule is OCC1(NCc2nc(-c3ccc(F)cc3)no2)CCCC1. The van der Waals surface area contributed by atoms with E-state index in [1.165, 1.54) is 12.1 Å². The highest BCUT2D eigenvalue weighted by Crippen LogP contribution is 2.29. The van der Waals surface area contributed by atoms with Crippen molar-refractivity contribution in [3.8, 4) is 11.4 Å². The normalized spacial score (nSPS) is 17.2. The molecule has 5 nitrogen and oxygen atoms in total. The van der Waals surface area contributed by atoms with Crippen molar-refractivity contribution in [2.75, 3.05) is 6.61 Å². The Morgan fingerprint density at radius 3 is 2.62 bits per heavy atom. The summed E-state index contributed by atoms with van der Waals surface area (Å²) in [6.45, 7) is 0.542. The number of nitrogens with zero attached hydrogens (tertiary/aromatic N) is 2. The third-order valence-electron chi connectivity index (χ3n) is 4.05. The van der Waals surface area contributed by atoms with Crippen molar-refractivity contribution in [2.24, 2.45) is 0 Å². The summed E-state index contributed by atoms with van der Waals surface area (Å²) >= 11 is 0. The van der Waals surface area contributed by atoms with Crippen LogP contribution in [0, 0.1) is 5.82 Å². The molecule has 0 atom stereocenters. The van der Waals surface area contributed by atoms with Gasteiger partial charge in [-0.3, -0.25) is 0 Å². The minimum atomic E-state index is -0.296. The lowest BCUT2D eigenvalue weighted by Crippen LogP contribution is -2.45. The molecular formula is C15H18FN3O2. The highest BCUT2D eigenvalue weighted by atomic mass is 19.1. The van der Waals surface area contributed by atoms with Gasteiger partial charge in [0.15, 0.2) is 0 Å². The molecule has 2 N–H and O–H groups in total. The molecule has 0 unspecified atom stereocenters. The summed E-state index contributed by atoms with van der Waals surface area (Å²) in [7, 11) is 0. The number of halogens is 1. The van der Waals surface area contributed by atoms with Crippen molar-refractivity contribution >= 4 is 0 Å². The molecule has 1 aliphatic carbocycles. The number of aliphatic hydroxyl groups excluding tert-OH is 1. The van der Waals surface area contributed by atoms with Crippen LogP contribution in [0.25, 0.3) is 11.4 Å². The smallest absolute Gasteiger partial charge is 0.240 e. The van der Waals surface area contributed by atoms with Gasteiger partial charge >= 0.3 is 0 Å². The van der Waals surface area contributed by atoms with Crippen LogP contribution in [-0.2, 0) is 6.54 Å². The minimum Gasteiger partial charge on any atom is -0.394 e. The monoisotopic (exact) mass is 291 g/mol. The fourth-order valence-corrected chi connectivity index (χ4v) is 2.75. The predicted molar refractivity (Wildman–Crippen MR) is 74.8 cm³/mol. The van der Waals surface area contributed by atoms with E-state index < -0.39 is 0 Å². The number of nitrogens with one attached hydrogen (secondary N) is 1. The van der Waals surface area contributed by atoms with Crippen molar-refractivity contribution in [1.82, 2.24) is 15.5 Å². The number of rotatable bonds is 5. The number of benzene rings is 1. The standard InChI is InChI=1S/C15H18FN3O2/c16-12-5-3-11(4-6-12)14-18-13(21-19-14)9-17-15(10-20)7-1-2-8-15/h3-6,17,20H,1-2,7-10H2. The Balaban J connectivity index is 1.66. The van der Waals surface area contributed by atoms with Gasteiger partial charge in [-0.15, -0.1) is 0 Å². The van der Waals surface area contributed by atoms with Gasteiger partial charge in [-0.2, -0.15) is 4.98 Å². The fraction of sp³-hybridized carbons (Fsp3) is 0.467. The van der Waals surface area contributed by atoms with Gasteiger partial charge in [0, 0.05) is 11.1 Å². The van der Waals surface area contributed by atoms with E-state index in [1.807, 2.05) is 0 Å². The van der Waals surface area contributed by atoms with Gasteiger partial charge in [0.2, 0.25) is 11.7 Å². The Kier molecular flexibility index (Phi) is 3.98. The molecule has 6 heteroatoms. The Labute approximate surface area is 122 Å². The summed E-state index contributed by atoms with van der Waals surface area (Å²) in [5.74, 6) is 0.612. The molecule has 1 aromatic carbocycles. The maximum atomic E-state index is 12.9. The molecule has 1 aromatic heterocycles. The van der Waals surface area contributed by atoms with Crippen LogP contribution in [0.2, 0.25) is 0 Å². The fourth-order valence-electron chi connectivity index (χ4n) is 2.75. The summed E-state index contributed by atoms with van der Waals surface area (Å²) in [6.07, 6.45) is 4.17. The number of aliphatic hydroxyl groups is 1. The molecule has 21 heavy (non-hydrogen) atoms. The van der Waals surface area contributed by atoms with E-state index in [2.05, 4.69) is 15.5 Å². The van der Waals surface area contributed by atoms with Gasteiger partial charge < -0.3 is 14.9 Å². The molecule has 0 spiro atoms. The average molecular weight is 291 g/mol. The van der Waals surface area contributed by atoms with E-state index in [-0.39, 0.29) is 18.0 Å². The van der Waals surface area contributed by atoms with Crippen LogP contribution < -0.4 is 5.32 Å². The van der Waals surface area contributed by atoms with Crippen LogP contribution in [0.5, 0.6) is 0 Å². The average Bonchev–Trinajstić information content (AvgIpc) is 3.16. The van der Waals surface area contributed by atoms with Gasteiger partial charge in [0.1, 0.15) is 5.82 Å². The second-order valence-corrected chi connectivity index (χ2v) is 5.52. The Morgan fingerprint density at radius 1 is 1.24 bits per heavy atom. The van der Waals surface area contributed by atoms with Gasteiger partial charge in [-0.05, 0) is 37.1 Å². The molecule has 0 amide bonds. The van der Waals surface area contributed by atoms with Gasteiger partial charge in [-0.1, -0.05) is 18.0 Å². The van der Waals surface area contributed by atoms with Crippen LogP contribution in [0.1, 0.15) is 31.6 Å². The van der Waals surface area contributed by atoms with E-state index in [9.17, 15) is 9.50 Å². The van der Waals surface area contributed by atoms with Crippen LogP contribution in [-0.4, -0.2) is 27.4 Å². The molecular weight excluding hydrogens is 273 g/mol. The maximum Gasteiger partial charge on any atom is 0.240 e. The lowest BCUT2D eigenvalue weighted by Gasteiger charge is -2.27. The zero-order valence-electron chi connectivity index (χ0n) is 11.7. The summed E-state index contributed by atoms with van der Waals surface area (Å²) in [6, 6.07) is 5.96. The van der Waals surface area contributed by atoms with Crippen LogP contribution >= 0.6 is 0 Å². The number of hydrogen-bond acceptors (Lipinski definition) is 5. The molecule has 2 aromatic rings. The first kappa shape index (κ1) is 14.2. The number of aromatic nitrogens is 2. The summed E-state index contributed by atoms with van der Waals surface area (Å²) in [4.78, 5) is 4.29. The molecule has 3 rings (SSSR count). The van der Waals surface area contributed by atoms with E-state index in [4.69, 9.17) is 4.52 Å². The van der Waals surface area contributed by atoms with E-state index in [0.717, 1.165) is 25.7 Å². The molecule has 0 bridgehead atoms. The molecule has 1 aliphatic rings. The van der Waals surface area contributed by atoms with Gasteiger partial charge in [0.25, 0.3) is 0 Å². The van der Waals surface area contributed by atoms with Gasteiger partial charge in [-0.25, -0.2) is 4.39 Å². The van der Waals surface area contributed by atoms with Crippen molar-refractivity contribution < 1.29 is 14.0 Å². The molecule has 0 radical (unpaired) electrons. The Bertz CT molecular complexity index is 591. The zero-order chi connectivity index (χ0) is 14.7. The van der Waals surface area contributed by atoms with Crippen molar-refractivity contribution in [3.63, 3.8) is 0 Å². The molecule has 0 aliphatic heterocycles. The first-order chi connectivity index (χ1) is 10.2. The number of hydrogen-bond donors (Lipinski definition) is 2. The van der Waals surface area contributed by atoms with Crippen molar-refractivity contribution in [3.05, 3.63) is 36.0 Å². The summed E-state index contributed by atoms with van der Waals surface area (Å²) < 4.78 is 18.1. The minimum absolute atomic E-state index is 0.117.